The van der Waals surface area contributed by atoms with Crippen LogP contribution in [0.3, 0.4) is 0 Å². The predicted octanol–water partition coefficient (Wildman–Crippen LogP) is 5.41. The van der Waals surface area contributed by atoms with E-state index in [0.717, 1.165) is 10.8 Å². The molecule has 2 aromatic heterocycles. The van der Waals surface area contributed by atoms with E-state index in [4.69, 9.17) is 9.84 Å². The van der Waals surface area contributed by atoms with Crippen LogP contribution in [0.1, 0.15) is 13.8 Å². The number of benzene rings is 2. The Morgan fingerprint density at radius 1 is 1.03 bits per heavy atom. The summed E-state index contributed by atoms with van der Waals surface area (Å²) in [7, 11) is 0. The molecule has 1 N–H and O–H groups in total. The maximum atomic E-state index is 10.0. The van der Waals surface area contributed by atoms with Gasteiger partial charge in [-0.3, -0.25) is 4.79 Å². The summed E-state index contributed by atoms with van der Waals surface area (Å²) in [6.07, 6.45) is 7.44. The third-order valence-electron chi connectivity index (χ3n) is 3.81. The van der Waals surface area contributed by atoms with Gasteiger partial charge in [-0.15, -0.1) is 6.07 Å². The van der Waals surface area contributed by atoms with E-state index in [1.54, 1.807) is 6.20 Å². The number of pyridine rings is 2. The Bertz CT molecular complexity index is 1140. The van der Waals surface area contributed by atoms with Gasteiger partial charge in [0.15, 0.2) is 5.78 Å². The zero-order chi connectivity index (χ0) is 19.9. The first-order valence-electron chi connectivity index (χ1n) is 8.69. The van der Waals surface area contributed by atoms with Gasteiger partial charge >= 0.3 is 0 Å². The molecule has 0 aliphatic carbocycles. The van der Waals surface area contributed by atoms with Gasteiger partial charge in [-0.25, -0.2) is 4.98 Å². The van der Waals surface area contributed by atoms with Gasteiger partial charge in [0.05, 0.1) is 5.76 Å². The van der Waals surface area contributed by atoms with Crippen molar-refractivity contribution < 1.29 is 34.7 Å². The minimum Gasteiger partial charge on any atom is -0.512 e. The smallest absolute Gasteiger partial charge is 0.217 e. The number of ether oxygens (including phenoxy) is 1. The quantitative estimate of drug-likeness (QED) is 0.156. The molecule has 2 aromatic carbocycles. The van der Waals surface area contributed by atoms with E-state index in [-0.39, 0.29) is 31.6 Å². The number of ketones is 1. The molecule has 29 heavy (non-hydrogen) atoms. The Morgan fingerprint density at radius 2 is 1.79 bits per heavy atom. The fraction of sp³-hybridized carbons (Fsp3) is 0.0870. The van der Waals surface area contributed by atoms with Crippen LogP contribution in [0.4, 0.5) is 0 Å². The van der Waals surface area contributed by atoms with Crippen LogP contribution in [-0.4, -0.2) is 20.9 Å². The molecule has 0 atom stereocenters. The van der Waals surface area contributed by atoms with Crippen molar-refractivity contribution in [2.24, 2.45) is 0 Å². The molecule has 0 unspecified atom stereocenters. The number of aromatic nitrogens is 2. The zero-order valence-corrected chi connectivity index (χ0v) is 18.3. The molecule has 1 radical (unpaired) electrons. The maximum absolute atomic E-state index is 10.0. The molecule has 0 saturated heterocycles. The molecule has 6 heteroatoms. The summed E-state index contributed by atoms with van der Waals surface area (Å²) in [5.41, 5.74) is 0. The molecule has 0 aliphatic heterocycles. The minimum absolute atomic E-state index is 0. The molecule has 4 aromatic rings. The Hall–Kier alpha value is -3.08. The van der Waals surface area contributed by atoms with Crippen LogP contribution in [0.15, 0.2) is 78.8 Å². The average molecular weight is 564 g/mol. The topological polar surface area (TPSA) is 72.3 Å². The summed E-state index contributed by atoms with van der Waals surface area (Å²) < 4.78 is 5.71. The van der Waals surface area contributed by atoms with E-state index in [9.17, 15) is 4.79 Å². The van der Waals surface area contributed by atoms with Crippen molar-refractivity contribution in [3.05, 3.63) is 85.0 Å². The third-order valence-corrected chi connectivity index (χ3v) is 3.81. The van der Waals surface area contributed by atoms with Crippen LogP contribution < -0.4 is 4.74 Å². The average Bonchev–Trinajstić information content (AvgIpc) is 2.68. The van der Waals surface area contributed by atoms with Crippen LogP contribution in [0.5, 0.6) is 11.6 Å². The number of fused-ring (bicyclic) bond motifs is 3. The van der Waals surface area contributed by atoms with Crippen LogP contribution >= 0.6 is 0 Å². The van der Waals surface area contributed by atoms with Gasteiger partial charge in [0.2, 0.25) is 5.88 Å². The Morgan fingerprint density at radius 3 is 2.45 bits per heavy atom. The van der Waals surface area contributed by atoms with Gasteiger partial charge in [-0.1, -0.05) is 42.6 Å². The maximum Gasteiger partial charge on any atom is 0.217 e. The van der Waals surface area contributed by atoms with Crippen molar-refractivity contribution in [1.29, 1.82) is 0 Å². The number of allylic oxidation sites excluding steroid dienone is 2. The zero-order valence-electron chi connectivity index (χ0n) is 15.9. The molecular weight excluding hydrogens is 544 g/mol. The molecule has 0 spiro atoms. The number of carbonyl (C=O) groups excluding carboxylic acids is 1. The fourth-order valence-electron chi connectivity index (χ4n) is 2.71. The van der Waals surface area contributed by atoms with E-state index < -0.39 is 0 Å². The number of hydrogen-bond donors (Lipinski definition) is 1. The van der Waals surface area contributed by atoms with Gasteiger partial charge in [0.25, 0.3) is 0 Å². The summed E-state index contributed by atoms with van der Waals surface area (Å²) in [5, 5.41) is 13.0. The SMILES string of the molecule is CC(=O)/C=C(/C)O.[Ir].[c-]1ncccc1Oc1cc2c(ccc3ccccc32)cn1. The van der Waals surface area contributed by atoms with Crippen molar-refractivity contribution in [3.63, 3.8) is 0 Å². The van der Waals surface area contributed by atoms with Crippen LogP contribution in [0.25, 0.3) is 21.5 Å². The third kappa shape index (κ3) is 6.21. The molecular formula is C23H19IrN2O3-. The normalized spacial score (nSPS) is 10.6. The number of rotatable bonds is 3. The van der Waals surface area contributed by atoms with Gasteiger partial charge in [0, 0.05) is 49.6 Å². The van der Waals surface area contributed by atoms with Gasteiger partial charge in [0.1, 0.15) is 0 Å². The van der Waals surface area contributed by atoms with Crippen molar-refractivity contribution in [3.8, 4) is 11.6 Å². The summed E-state index contributed by atoms with van der Waals surface area (Å²) in [5.74, 6) is 1.04. The molecule has 0 amide bonds. The first-order chi connectivity index (χ1) is 13.5. The fourth-order valence-corrected chi connectivity index (χ4v) is 2.71. The molecule has 4 rings (SSSR count). The van der Waals surface area contributed by atoms with Crippen LogP contribution in [0.2, 0.25) is 0 Å². The summed E-state index contributed by atoms with van der Waals surface area (Å²) >= 11 is 0. The van der Waals surface area contributed by atoms with Crippen molar-refractivity contribution >= 4 is 27.3 Å². The second-order valence-corrected chi connectivity index (χ2v) is 6.14. The van der Waals surface area contributed by atoms with Crippen molar-refractivity contribution in [1.82, 2.24) is 9.97 Å². The summed E-state index contributed by atoms with van der Waals surface area (Å²) in [6.45, 7) is 2.85. The molecule has 0 aliphatic rings. The van der Waals surface area contributed by atoms with E-state index >= 15 is 0 Å². The predicted molar refractivity (Wildman–Crippen MR) is 109 cm³/mol. The van der Waals surface area contributed by atoms with Gasteiger partial charge < -0.3 is 14.8 Å². The minimum atomic E-state index is -0.125. The van der Waals surface area contributed by atoms with E-state index in [1.165, 1.54) is 30.7 Å². The molecule has 0 saturated carbocycles. The Balaban J connectivity index is 0.000000327. The first-order valence-corrected chi connectivity index (χ1v) is 8.69. The van der Waals surface area contributed by atoms with Crippen molar-refractivity contribution in [2.45, 2.75) is 13.8 Å². The number of nitrogens with zero attached hydrogens (tertiary/aromatic N) is 2. The number of aliphatic hydroxyl groups is 1. The van der Waals surface area contributed by atoms with E-state index in [2.05, 4.69) is 40.4 Å². The van der Waals surface area contributed by atoms with Crippen LogP contribution in [0, 0.1) is 6.20 Å². The van der Waals surface area contributed by atoms with Gasteiger partial charge in [-0.05, 0) is 36.2 Å². The Kier molecular flexibility index (Phi) is 8.01. The van der Waals surface area contributed by atoms with Crippen molar-refractivity contribution in [2.75, 3.05) is 0 Å². The number of aliphatic hydroxyl groups excluding tert-OH is 1. The summed E-state index contributed by atoms with van der Waals surface area (Å²) in [6, 6.07) is 18.0. The number of hydrogen-bond acceptors (Lipinski definition) is 5. The molecule has 149 valence electrons. The van der Waals surface area contributed by atoms with Crippen LogP contribution in [-0.2, 0) is 24.9 Å². The second kappa shape index (κ2) is 10.5. The first kappa shape index (κ1) is 22.2. The molecule has 5 nitrogen and oxygen atoms in total. The standard InChI is InChI=1S/C18H11N2O.C5H8O2.Ir/c1-2-6-16-13(4-1)7-8-14-11-20-18(10-17(14)16)21-15-5-3-9-19-12-15;1-4(6)3-5(2)7;/h1-11H;3,6H,1-2H3;/q-1;;/b;4-3-;. The Labute approximate surface area is 182 Å². The number of carbonyl (C=O) groups is 1. The van der Waals surface area contributed by atoms with E-state index in [0.29, 0.717) is 11.6 Å². The van der Waals surface area contributed by atoms with Gasteiger partial charge in [-0.2, -0.15) is 6.07 Å². The van der Waals surface area contributed by atoms with E-state index in [1.807, 2.05) is 36.5 Å². The summed E-state index contributed by atoms with van der Waals surface area (Å²) in [4.78, 5) is 18.3. The molecule has 2 heterocycles. The largest absolute Gasteiger partial charge is 0.512 e. The molecule has 0 fully saturated rings. The molecule has 0 bridgehead atoms. The second-order valence-electron chi connectivity index (χ2n) is 6.14. The monoisotopic (exact) mass is 564 g/mol.